The molecule has 0 saturated carbocycles. The third-order valence-electron chi connectivity index (χ3n) is 2.49. The highest BCUT2D eigenvalue weighted by Crippen LogP contribution is 2.27. The summed E-state index contributed by atoms with van der Waals surface area (Å²) in [6, 6.07) is 1.62. The van der Waals surface area contributed by atoms with Crippen LogP contribution in [0.4, 0.5) is 14.5 Å². The van der Waals surface area contributed by atoms with Crippen LogP contribution in [0, 0.1) is 27.2 Å². The number of nitrogens with zero attached hydrogens (tertiary/aromatic N) is 1. The van der Waals surface area contributed by atoms with E-state index in [1.54, 1.807) is 0 Å². The zero-order valence-electron chi connectivity index (χ0n) is 9.74. The number of benzene rings is 1. The minimum absolute atomic E-state index is 0.0630. The van der Waals surface area contributed by atoms with E-state index in [1.807, 2.05) is 0 Å². The lowest BCUT2D eigenvalue weighted by Gasteiger charge is -2.18. The van der Waals surface area contributed by atoms with Crippen LogP contribution in [-0.2, 0) is 11.2 Å². The average Bonchev–Trinajstić information content (AvgIpc) is 2.21. The van der Waals surface area contributed by atoms with Gasteiger partial charge in [0.05, 0.1) is 10.3 Å². The molecule has 0 saturated heterocycles. The van der Waals surface area contributed by atoms with Gasteiger partial charge in [0.15, 0.2) is 5.82 Å². The van der Waals surface area contributed by atoms with Crippen LogP contribution in [-0.4, -0.2) is 16.0 Å². The van der Waals surface area contributed by atoms with Gasteiger partial charge in [-0.3, -0.25) is 14.9 Å². The van der Waals surface area contributed by atoms with Crippen molar-refractivity contribution in [2.75, 3.05) is 0 Å². The maximum absolute atomic E-state index is 13.1. The summed E-state index contributed by atoms with van der Waals surface area (Å²) in [5.74, 6) is -4.04. The number of nitro groups is 1. The Morgan fingerprint density at radius 1 is 1.44 bits per heavy atom. The van der Waals surface area contributed by atoms with Gasteiger partial charge in [-0.25, -0.2) is 4.39 Å². The van der Waals surface area contributed by atoms with Crippen molar-refractivity contribution in [2.45, 2.75) is 20.3 Å². The van der Waals surface area contributed by atoms with Crippen LogP contribution in [0.2, 0.25) is 0 Å². The summed E-state index contributed by atoms with van der Waals surface area (Å²) in [6.07, 6.45) is -0.139. The molecule has 1 rings (SSSR count). The SMILES string of the molecule is CC(C)(Cc1cc(F)c(F)c([N+](=O)[O-])c1)C(=O)O. The van der Waals surface area contributed by atoms with Crippen LogP contribution in [0.1, 0.15) is 19.4 Å². The Bertz CT molecular complexity index is 514. The van der Waals surface area contributed by atoms with E-state index < -0.39 is 33.6 Å². The number of rotatable bonds is 4. The van der Waals surface area contributed by atoms with Gasteiger partial charge >= 0.3 is 11.7 Å². The normalized spacial score (nSPS) is 11.3. The summed E-state index contributed by atoms with van der Waals surface area (Å²) >= 11 is 0. The predicted octanol–water partition coefficient (Wildman–Crippen LogP) is 2.53. The number of hydrogen-bond acceptors (Lipinski definition) is 3. The van der Waals surface area contributed by atoms with Gasteiger partial charge in [0, 0.05) is 6.07 Å². The Morgan fingerprint density at radius 2 is 2.00 bits per heavy atom. The highest BCUT2D eigenvalue weighted by atomic mass is 19.2. The summed E-state index contributed by atoms with van der Waals surface area (Å²) in [4.78, 5) is 20.4. The van der Waals surface area contributed by atoms with Crippen LogP contribution >= 0.6 is 0 Å². The molecular weight excluding hydrogens is 248 g/mol. The average molecular weight is 259 g/mol. The highest BCUT2D eigenvalue weighted by molar-refractivity contribution is 5.74. The molecule has 0 unspecified atom stereocenters. The molecule has 7 heteroatoms. The monoisotopic (exact) mass is 259 g/mol. The number of hydrogen-bond donors (Lipinski definition) is 1. The molecule has 0 fully saturated rings. The molecule has 1 aromatic carbocycles. The van der Waals surface area contributed by atoms with Gasteiger partial charge in [-0.15, -0.1) is 0 Å². The zero-order chi connectivity index (χ0) is 14.1. The van der Waals surface area contributed by atoms with Gasteiger partial charge in [-0.05, 0) is 31.9 Å². The van der Waals surface area contributed by atoms with E-state index in [9.17, 15) is 23.7 Å². The first-order chi connectivity index (χ1) is 8.15. The number of carbonyl (C=O) groups is 1. The van der Waals surface area contributed by atoms with Gasteiger partial charge in [0.2, 0.25) is 5.82 Å². The second-order valence-electron chi connectivity index (χ2n) is 4.53. The van der Waals surface area contributed by atoms with E-state index in [4.69, 9.17) is 5.11 Å². The van der Waals surface area contributed by atoms with Crippen molar-refractivity contribution >= 4 is 11.7 Å². The fourth-order valence-corrected chi connectivity index (χ4v) is 1.45. The molecule has 1 aromatic rings. The van der Waals surface area contributed by atoms with E-state index >= 15 is 0 Å². The smallest absolute Gasteiger partial charge is 0.309 e. The van der Waals surface area contributed by atoms with Crippen molar-refractivity contribution < 1.29 is 23.6 Å². The molecule has 0 amide bonds. The molecular formula is C11H11F2NO4. The van der Waals surface area contributed by atoms with Crippen LogP contribution in [0.15, 0.2) is 12.1 Å². The minimum atomic E-state index is -1.54. The Labute approximate surface area is 101 Å². The summed E-state index contributed by atoms with van der Waals surface area (Å²) in [7, 11) is 0. The molecule has 1 N–H and O–H groups in total. The second kappa shape index (κ2) is 4.67. The first-order valence-corrected chi connectivity index (χ1v) is 5.01. The number of halogens is 2. The molecule has 5 nitrogen and oxygen atoms in total. The minimum Gasteiger partial charge on any atom is -0.481 e. The third kappa shape index (κ3) is 2.79. The summed E-state index contributed by atoms with van der Waals surface area (Å²) in [5.41, 5.74) is -2.16. The Morgan fingerprint density at radius 3 is 2.44 bits per heavy atom. The molecule has 0 radical (unpaired) electrons. The van der Waals surface area contributed by atoms with E-state index in [-0.39, 0.29) is 12.0 Å². The van der Waals surface area contributed by atoms with Crippen LogP contribution in [0.5, 0.6) is 0 Å². The van der Waals surface area contributed by atoms with Gasteiger partial charge in [0.1, 0.15) is 0 Å². The molecule has 98 valence electrons. The van der Waals surface area contributed by atoms with E-state index in [0.717, 1.165) is 12.1 Å². The fourth-order valence-electron chi connectivity index (χ4n) is 1.45. The predicted molar refractivity (Wildman–Crippen MR) is 58.1 cm³/mol. The Kier molecular flexibility index (Phi) is 3.64. The lowest BCUT2D eigenvalue weighted by atomic mass is 9.86. The first kappa shape index (κ1) is 14.0. The van der Waals surface area contributed by atoms with Crippen LogP contribution < -0.4 is 0 Å². The second-order valence-corrected chi connectivity index (χ2v) is 4.53. The number of carboxylic acid groups (broad SMARTS) is 1. The first-order valence-electron chi connectivity index (χ1n) is 5.01. The zero-order valence-corrected chi connectivity index (χ0v) is 9.74. The Hall–Kier alpha value is -2.05. The summed E-state index contributed by atoms with van der Waals surface area (Å²) in [5, 5.41) is 19.4. The number of aliphatic carboxylic acids is 1. The molecule has 18 heavy (non-hydrogen) atoms. The topological polar surface area (TPSA) is 80.4 Å². The molecule has 0 aromatic heterocycles. The van der Waals surface area contributed by atoms with Gasteiger partial charge < -0.3 is 5.11 Å². The van der Waals surface area contributed by atoms with Crippen LogP contribution in [0.3, 0.4) is 0 Å². The molecule has 0 atom stereocenters. The number of carboxylic acids is 1. The molecule has 0 bridgehead atoms. The molecule has 0 spiro atoms. The standard InChI is InChI=1S/C11H11F2NO4/c1-11(2,10(15)16)5-6-3-7(12)9(13)8(4-6)14(17)18/h3-4H,5H2,1-2H3,(H,15,16). The van der Waals surface area contributed by atoms with E-state index in [2.05, 4.69) is 0 Å². The van der Waals surface area contributed by atoms with Crippen molar-refractivity contribution in [3.8, 4) is 0 Å². The Balaban J connectivity index is 3.20. The lowest BCUT2D eigenvalue weighted by Crippen LogP contribution is -2.26. The molecule has 0 aliphatic heterocycles. The van der Waals surface area contributed by atoms with Gasteiger partial charge in [-0.2, -0.15) is 4.39 Å². The van der Waals surface area contributed by atoms with Crippen molar-refractivity contribution in [3.63, 3.8) is 0 Å². The fraction of sp³-hybridized carbons (Fsp3) is 0.364. The largest absolute Gasteiger partial charge is 0.481 e. The summed E-state index contributed by atoms with van der Waals surface area (Å²) in [6.45, 7) is 2.78. The summed E-state index contributed by atoms with van der Waals surface area (Å²) < 4.78 is 26.2. The van der Waals surface area contributed by atoms with E-state index in [0.29, 0.717) is 0 Å². The van der Waals surface area contributed by atoms with Crippen molar-refractivity contribution in [1.82, 2.24) is 0 Å². The third-order valence-corrected chi connectivity index (χ3v) is 2.49. The maximum atomic E-state index is 13.1. The van der Waals surface area contributed by atoms with Gasteiger partial charge in [0.25, 0.3) is 0 Å². The molecule has 0 aliphatic rings. The number of nitro benzene ring substituents is 1. The van der Waals surface area contributed by atoms with Crippen molar-refractivity contribution in [3.05, 3.63) is 39.4 Å². The molecule has 0 aliphatic carbocycles. The maximum Gasteiger partial charge on any atom is 0.309 e. The lowest BCUT2D eigenvalue weighted by molar-refractivity contribution is -0.387. The quantitative estimate of drug-likeness (QED) is 0.665. The van der Waals surface area contributed by atoms with Crippen molar-refractivity contribution in [2.24, 2.45) is 5.41 Å². The van der Waals surface area contributed by atoms with Gasteiger partial charge in [-0.1, -0.05) is 0 Å². The molecule has 0 heterocycles. The highest BCUT2D eigenvalue weighted by Gasteiger charge is 2.29. The van der Waals surface area contributed by atoms with Crippen LogP contribution in [0.25, 0.3) is 0 Å². The van der Waals surface area contributed by atoms with E-state index in [1.165, 1.54) is 13.8 Å². The van der Waals surface area contributed by atoms with Crippen molar-refractivity contribution in [1.29, 1.82) is 0 Å².